The summed E-state index contributed by atoms with van der Waals surface area (Å²) in [6, 6.07) is 0. The highest BCUT2D eigenvalue weighted by atomic mass is 32.1. The van der Waals surface area contributed by atoms with Crippen LogP contribution in [0.25, 0.3) is 0 Å². The van der Waals surface area contributed by atoms with Crippen LogP contribution in [0.2, 0.25) is 0 Å². The lowest BCUT2D eigenvalue weighted by Crippen LogP contribution is -2.30. The lowest BCUT2D eigenvalue weighted by Gasteiger charge is -2.31. The second-order valence-electron chi connectivity index (χ2n) is 5.08. The average molecular weight is 228 g/mol. The first kappa shape index (κ1) is 9.46. The van der Waals surface area contributed by atoms with Crippen molar-refractivity contribution < 1.29 is 4.74 Å². The number of hydrogen-bond donors (Lipinski definition) is 1. The molecular formula is C11H16OS2. The quantitative estimate of drug-likeness (QED) is 0.545. The highest BCUT2D eigenvalue weighted by molar-refractivity contribution is 8.10. The van der Waals surface area contributed by atoms with Crippen LogP contribution in [0.3, 0.4) is 0 Å². The molecular weight excluding hydrogens is 212 g/mol. The molecule has 3 unspecified atom stereocenters. The standard InChI is InChI=1S/C11H16OS2/c13-11(14)12-10-5-6-4-9(10)8-3-1-2-7(6)8/h6-10H,1-5H2,(H,13,14)/t6-,7?,8?,9-,10?/m1/s1. The molecule has 0 amide bonds. The third-order valence-electron chi connectivity index (χ3n) is 4.62. The molecule has 14 heavy (non-hydrogen) atoms. The lowest BCUT2D eigenvalue weighted by molar-refractivity contribution is 0.0814. The summed E-state index contributed by atoms with van der Waals surface area (Å²) in [5, 5.41) is 0. The van der Waals surface area contributed by atoms with Crippen LogP contribution in [0.4, 0.5) is 0 Å². The summed E-state index contributed by atoms with van der Waals surface area (Å²) in [5.74, 6) is 3.74. The van der Waals surface area contributed by atoms with Crippen LogP contribution in [0.1, 0.15) is 32.1 Å². The van der Waals surface area contributed by atoms with Crippen molar-refractivity contribution in [3.05, 3.63) is 0 Å². The molecule has 3 rings (SSSR count). The Hall–Kier alpha value is 0.240. The predicted molar refractivity (Wildman–Crippen MR) is 63.5 cm³/mol. The molecule has 78 valence electrons. The smallest absolute Gasteiger partial charge is 0.217 e. The Morgan fingerprint density at radius 1 is 1.14 bits per heavy atom. The first-order valence-corrected chi connectivity index (χ1v) is 6.51. The van der Waals surface area contributed by atoms with E-state index in [9.17, 15) is 0 Å². The first-order chi connectivity index (χ1) is 6.75. The lowest BCUT2D eigenvalue weighted by atomic mass is 9.80. The molecule has 0 aliphatic heterocycles. The molecule has 0 aromatic carbocycles. The Kier molecular flexibility index (Phi) is 2.28. The van der Waals surface area contributed by atoms with E-state index in [1.807, 2.05) is 0 Å². The fourth-order valence-corrected chi connectivity index (χ4v) is 4.53. The fourth-order valence-electron chi connectivity index (χ4n) is 4.27. The van der Waals surface area contributed by atoms with Crippen LogP contribution < -0.4 is 0 Å². The summed E-state index contributed by atoms with van der Waals surface area (Å²) in [6.07, 6.45) is 7.41. The number of thiol groups is 1. The van der Waals surface area contributed by atoms with Crippen molar-refractivity contribution in [1.29, 1.82) is 0 Å². The molecule has 0 aromatic heterocycles. The van der Waals surface area contributed by atoms with E-state index in [-0.39, 0.29) is 0 Å². The van der Waals surface area contributed by atoms with Gasteiger partial charge in [-0.05, 0) is 61.6 Å². The van der Waals surface area contributed by atoms with E-state index in [4.69, 9.17) is 17.0 Å². The minimum absolute atomic E-state index is 0.407. The maximum atomic E-state index is 5.65. The molecule has 3 fully saturated rings. The summed E-state index contributed by atoms with van der Waals surface area (Å²) in [6.45, 7) is 0. The van der Waals surface area contributed by atoms with E-state index in [1.165, 1.54) is 32.1 Å². The van der Waals surface area contributed by atoms with E-state index in [0.29, 0.717) is 10.5 Å². The third-order valence-corrected chi connectivity index (χ3v) is 4.82. The summed E-state index contributed by atoms with van der Waals surface area (Å²) >= 11 is 8.98. The monoisotopic (exact) mass is 228 g/mol. The van der Waals surface area contributed by atoms with E-state index in [1.54, 1.807) is 0 Å². The van der Waals surface area contributed by atoms with Crippen molar-refractivity contribution >= 4 is 29.2 Å². The Bertz CT molecular complexity index is 266. The topological polar surface area (TPSA) is 9.23 Å². The van der Waals surface area contributed by atoms with Gasteiger partial charge in [0.25, 0.3) is 0 Å². The Balaban J connectivity index is 1.73. The molecule has 0 N–H and O–H groups in total. The first-order valence-electron chi connectivity index (χ1n) is 5.65. The Morgan fingerprint density at radius 3 is 2.71 bits per heavy atom. The number of ether oxygens (including phenoxy) is 1. The molecule has 0 heterocycles. The zero-order chi connectivity index (χ0) is 9.71. The highest BCUT2D eigenvalue weighted by Gasteiger charge is 2.54. The number of rotatable bonds is 1. The fraction of sp³-hybridized carbons (Fsp3) is 0.909. The summed E-state index contributed by atoms with van der Waals surface area (Å²) in [5.41, 5.74) is 0. The SMILES string of the molecule is S=C(S)OC1C[C@H]2C[C@@H]1C1CCCC12. The van der Waals surface area contributed by atoms with Gasteiger partial charge < -0.3 is 4.74 Å². The molecule has 5 atom stereocenters. The van der Waals surface area contributed by atoms with Gasteiger partial charge in [0.15, 0.2) is 0 Å². The van der Waals surface area contributed by atoms with Crippen molar-refractivity contribution in [2.75, 3.05) is 0 Å². The van der Waals surface area contributed by atoms with Crippen LogP contribution in [-0.2, 0) is 4.74 Å². The predicted octanol–water partition coefficient (Wildman–Crippen LogP) is 3.04. The van der Waals surface area contributed by atoms with Gasteiger partial charge in [-0.15, -0.1) is 0 Å². The molecule has 0 aromatic rings. The van der Waals surface area contributed by atoms with Gasteiger partial charge in [-0.3, -0.25) is 0 Å². The van der Waals surface area contributed by atoms with Crippen LogP contribution in [-0.4, -0.2) is 10.5 Å². The zero-order valence-electron chi connectivity index (χ0n) is 8.19. The second kappa shape index (κ2) is 3.38. The van der Waals surface area contributed by atoms with Crippen LogP contribution in [0.5, 0.6) is 0 Å². The molecule has 3 saturated carbocycles. The van der Waals surface area contributed by atoms with Gasteiger partial charge in [0, 0.05) is 0 Å². The maximum absolute atomic E-state index is 5.65. The second-order valence-corrected chi connectivity index (χ2v) is 6.16. The van der Waals surface area contributed by atoms with Crippen molar-refractivity contribution in [1.82, 2.24) is 0 Å². The summed E-state index contributed by atoms with van der Waals surface area (Å²) in [4.78, 5) is 0. The zero-order valence-corrected chi connectivity index (χ0v) is 9.90. The van der Waals surface area contributed by atoms with Crippen molar-refractivity contribution in [2.24, 2.45) is 23.7 Å². The van der Waals surface area contributed by atoms with Crippen molar-refractivity contribution in [3.8, 4) is 0 Å². The molecule has 1 nitrogen and oxygen atoms in total. The van der Waals surface area contributed by atoms with Gasteiger partial charge in [-0.25, -0.2) is 0 Å². The van der Waals surface area contributed by atoms with Crippen molar-refractivity contribution in [2.45, 2.75) is 38.2 Å². The molecule has 0 spiro atoms. The molecule has 3 aliphatic carbocycles. The number of thiocarbonyl (C=S) groups is 1. The largest absolute Gasteiger partial charge is 0.475 e. The molecule has 0 radical (unpaired) electrons. The van der Waals surface area contributed by atoms with Gasteiger partial charge >= 0.3 is 0 Å². The summed E-state index contributed by atoms with van der Waals surface area (Å²) in [7, 11) is 0. The Labute approximate surface area is 96.0 Å². The van der Waals surface area contributed by atoms with Gasteiger partial charge in [-0.2, -0.15) is 0 Å². The van der Waals surface area contributed by atoms with Gasteiger partial charge in [0.1, 0.15) is 6.10 Å². The average Bonchev–Trinajstić information content (AvgIpc) is 2.68. The van der Waals surface area contributed by atoms with Gasteiger partial charge in [-0.1, -0.05) is 19.0 Å². The Morgan fingerprint density at radius 2 is 1.93 bits per heavy atom. The van der Waals surface area contributed by atoms with Crippen LogP contribution in [0.15, 0.2) is 0 Å². The summed E-state index contributed by atoms with van der Waals surface area (Å²) < 4.78 is 6.09. The van der Waals surface area contributed by atoms with Crippen LogP contribution >= 0.6 is 24.8 Å². The molecule has 0 saturated heterocycles. The van der Waals surface area contributed by atoms with E-state index in [0.717, 1.165) is 23.7 Å². The molecule has 2 bridgehead atoms. The van der Waals surface area contributed by atoms with Gasteiger partial charge in [0.2, 0.25) is 4.38 Å². The normalized spacial score (nSPS) is 49.4. The molecule has 3 heteroatoms. The van der Waals surface area contributed by atoms with Gasteiger partial charge in [0.05, 0.1) is 0 Å². The van der Waals surface area contributed by atoms with Crippen molar-refractivity contribution in [3.63, 3.8) is 0 Å². The maximum Gasteiger partial charge on any atom is 0.217 e. The minimum Gasteiger partial charge on any atom is -0.475 e. The number of fused-ring (bicyclic) bond motifs is 5. The number of hydrogen-bond acceptors (Lipinski definition) is 2. The van der Waals surface area contributed by atoms with E-state index < -0.39 is 0 Å². The minimum atomic E-state index is 0.407. The van der Waals surface area contributed by atoms with Crippen LogP contribution in [0, 0.1) is 23.7 Å². The third kappa shape index (κ3) is 1.32. The van der Waals surface area contributed by atoms with E-state index in [2.05, 4.69) is 12.6 Å². The van der Waals surface area contributed by atoms with E-state index >= 15 is 0 Å². The highest BCUT2D eigenvalue weighted by Crippen LogP contribution is 2.59. The molecule has 3 aliphatic rings.